The van der Waals surface area contributed by atoms with E-state index in [1.807, 2.05) is 6.07 Å². The molecule has 0 heterocycles. The maximum absolute atomic E-state index is 11.9. The van der Waals surface area contributed by atoms with Crippen LogP contribution in [-0.4, -0.2) is 14.3 Å². The van der Waals surface area contributed by atoms with E-state index >= 15 is 0 Å². The molecule has 0 unspecified atom stereocenters. The second kappa shape index (κ2) is 5.90. The highest BCUT2D eigenvalue weighted by Crippen LogP contribution is 2.32. The minimum absolute atomic E-state index is 0.119. The largest absolute Gasteiger partial charge is 0.321 e. The van der Waals surface area contributed by atoms with Crippen LogP contribution in [0.25, 0.3) is 11.1 Å². The highest BCUT2D eigenvalue weighted by Gasteiger charge is 2.20. The molecule has 1 amide bonds. The van der Waals surface area contributed by atoms with Crippen molar-refractivity contribution in [1.29, 1.82) is 0 Å². The van der Waals surface area contributed by atoms with E-state index < -0.39 is 15.9 Å². The van der Waals surface area contributed by atoms with Gasteiger partial charge < -0.3 is 5.32 Å². The molecule has 3 N–H and O–H groups in total. The molecule has 0 aromatic heterocycles. The number of rotatable bonds is 4. The molecule has 0 aliphatic rings. The number of hydrogen-bond donors (Lipinski definition) is 2. The fourth-order valence-corrected chi connectivity index (χ4v) is 2.89. The standard InChI is InChI=1S/C15H14N2O3S/c1-2-14(18)17-13-10-6-9-12(15(13)21(16,19)20)11-7-4-3-5-8-11/h2-10H,1H2,(H,17,18)(H2,16,19,20). The van der Waals surface area contributed by atoms with Crippen LogP contribution in [0.4, 0.5) is 5.69 Å². The van der Waals surface area contributed by atoms with Gasteiger partial charge in [-0.05, 0) is 17.7 Å². The highest BCUT2D eigenvalue weighted by molar-refractivity contribution is 7.89. The lowest BCUT2D eigenvalue weighted by molar-refractivity contribution is -0.111. The Labute approximate surface area is 123 Å². The quantitative estimate of drug-likeness (QED) is 0.848. The number of nitrogens with one attached hydrogen (secondary N) is 1. The molecule has 2 rings (SSSR count). The molecule has 2 aromatic rings. The van der Waals surface area contributed by atoms with Crippen LogP contribution >= 0.6 is 0 Å². The molecule has 0 fully saturated rings. The second-order valence-electron chi connectivity index (χ2n) is 4.29. The molecule has 6 heteroatoms. The summed E-state index contributed by atoms with van der Waals surface area (Å²) in [5.74, 6) is -0.509. The number of carbonyl (C=O) groups excluding carboxylic acids is 1. The molecule has 108 valence electrons. The third-order valence-electron chi connectivity index (χ3n) is 2.83. The third-order valence-corrected chi connectivity index (χ3v) is 3.84. The Morgan fingerprint density at radius 3 is 2.33 bits per heavy atom. The van der Waals surface area contributed by atoms with Gasteiger partial charge in [0.1, 0.15) is 4.90 Å². The number of primary sulfonamides is 1. The molecule has 5 nitrogen and oxygen atoms in total. The monoisotopic (exact) mass is 302 g/mol. The normalized spacial score (nSPS) is 10.9. The first-order valence-corrected chi connectivity index (χ1v) is 7.63. The van der Waals surface area contributed by atoms with E-state index in [-0.39, 0.29) is 10.6 Å². The predicted molar refractivity (Wildman–Crippen MR) is 82.1 cm³/mol. The van der Waals surface area contributed by atoms with E-state index in [9.17, 15) is 13.2 Å². The highest BCUT2D eigenvalue weighted by atomic mass is 32.2. The molecule has 0 saturated carbocycles. The summed E-state index contributed by atoms with van der Waals surface area (Å²) in [4.78, 5) is 11.3. The lowest BCUT2D eigenvalue weighted by atomic mass is 10.1. The van der Waals surface area contributed by atoms with Crippen molar-refractivity contribution in [2.75, 3.05) is 5.32 Å². The summed E-state index contributed by atoms with van der Waals surface area (Å²) in [7, 11) is -4.02. The molecule has 0 saturated heterocycles. The predicted octanol–water partition coefficient (Wildman–Crippen LogP) is 2.13. The molecule has 0 atom stereocenters. The topological polar surface area (TPSA) is 89.3 Å². The Morgan fingerprint density at radius 2 is 1.76 bits per heavy atom. The van der Waals surface area contributed by atoms with Crippen molar-refractivity contribution >= 4 is 21.6 Å². The van der Waals surface area contributed by atoms with E-state index in [1.54, 1.807) is 36.4 Å². The molecule has 0 radical (unpaired) electrons. The van der Waals surface area contributed by atoms with Gasteiger partial charge in [0.15, 0.2) is 0 Å². The van der Waals surface area contributed by atoms with Crippen LogP contribution < -0.4 is 10.5 Å². The third kappa shape index (κ3) is 3.36. The first-order valence-electron chi connectivity index (χ1n) is 6.08. The molecule has 21 heavy (non-hydrogen) atoms. The van der Waals surface area contributed by atoms with Crippen LogP contribution in [0.2, 0.25) is 0 Å². The van der Waals surface area contributed by atoms with Crippen LogP contribution in [0, 0.1) is 0 Å². The van der Waals surface area contributed by atoms with Crippen LogP contribution in [0.5, 0.6) is 0 Å². The minimum atomic E-state index is -4.02. The zero-order chi connectivity index (χ0) is 15.5. The summed E-state index contributed by atoms with van der Waals surface area (Å²) in [6, 6.07) is 13.7. The van der Waals surface area contributed by atoms with Crippen molar-refractivity contribution in [1.82, 2.24) is 0 Å². The molecular weight excluding hydrogens is 288 g/mol. The number of sulfonamides is 1. The summed E-state index contributed by atoms with van der Waals surface area (Å²) >= 11 is 0. The molecular formula is C15H14N2O3S. The van der Waals surface area contributed by atoms with Gasteiger partial charge in [-0.25, -0.2) is 13.6 Å². The lowest BCUT2D eigenvalue weighted by Gasteiger charge is -2.13. The summed E-state index contributed by atoms with van der Waals surface area (Å²) in [6.45, 7) is 3.34. The molecule has 0 spiro atoms. The van der Waals surface area contributed by atoms with Gasteiger partial charge in [-0.3, -0.25) is 4.79 Å². The Kier molecular flexibility index (Phi) is 4.21. The molecule has 0 bridgehead atoms. The summed E-state index contributed by atoms with van der Waals surface area (Å²) in [5.41, 5.74) is 1.25. The number of anilines is 1. The van der Waals surface area contributed by atoms with E-state index in [2.05, 4.69) is 11.9 Å². The van der Waals surface area contributed by atoms with Gasteiger partial charge in [0.05, 0.1) is 5.69 Å². The first kappa shape index (κ1) is 15.0. The van der Waals surface area contributed by atoms with Crippen molar-refractivity contribution in [3.63, 3.8) is 0 Å². The summed E-state index contributed by atoms with van der Waals surface area (Å²) < 4.78 is 23.8. The van der Waals surface area contributed by atoms with Gasteiger partial charge in [-0.2, -0.15) is 0 Å². The number of benzene rings is 2. The zero-order valence-electron chi connectivity index (χ0n) is 11.1. The van der Waals surface area contributed by atoms with Gasteiger partial charge in [-0.15, -0.1) is 0 Å². The Bertz CT molecular complexity index is 784. The van der Waals surface area contributed by atoms with Crippen molar-refractivity contribution in [3.05, 3.63) is 61.2 Å². The van der Waals surface area contributed by atoms with Gasteiger partial charge >= 0.3 is 0 Å². The van der Waals surface area contributed by atoms with Crippen LogP contribution in [0.3, 0.4) is 0 Å². The fraction of sp³-hybridized carbons (Fsp3) is 0. The van der Waals surface area contributed by atoms with Gasteiger partial charge in [0.2, 0.25) is 15.9 Å². The molecule has 2 aromatic carbocycles. The minimum Gasteiger partial charge on any atom is -0.321 e. The van der Waals surface area contributed by atoms with Crippen LogP contribution in [0.1, 0.15) is 0 Å². The molecule has 0 aliphatic carbocycles. The van der Waals surface area contributed by atoms with Gasteiger partial charge in [-0.1, -0.05) is 49.0 Å². The first-order chi connectivity index (χ1) is 9.93. The number of amides is 1. The second-order valence-corrected chi connectivity index (χ2v) is 5.78. The maximum atomic E-state index is 11.9. The van der Waals surface area contributed by atoms with E-state index in [0.717, 1.165) is 6.08 Å². The Morgan fingerprint density at radius 1 is 1.10 bits per heavy atom. The van der Waals surface area contributed by atoms with E-state index in [4.69, 9.17) is 5.14 Å². The van der Waals surface area contributed by atoms with Crippen molar-refractivity contribution < 1.29 is 13.2 Å². The molecule has 0 aliphatic heterocycles. The number of nitrogens with two attached hydrogens (primary N) is 1. The van der Waals surface area contributed by atoms with Crippen molar-refractivity contribution in [3.8, 4) is 11.1 Å². The van der Waals surface area contributed by atoms with E-state index in [0.29, 0.717) is 11.1 Å². The summed E-state index contributed by atoms with van der Waals surface area (Å²) in [6.07, 6.45) is 1.06. The average Bonchev–Trinajstić information content (AvgIpc) is 2.46. The smallest absolute Gasteiger partial charge is 0.247 e. The van der Waals surface area contributed by atoms with Gasteiger partial charge in [0, 0.05) is 5.56 Å². The Hall–Kier alpha value is -2.44. The SMILES string of the molecule is C=CC(=O)Nc1cccc(-c2ccccc2)c1S(N)(=O)=O. The van der Waals surface area contributed by atoms with Gasteiger partial charge in [0.25, 0.3) is 0 Å². The average molecular weight is 302 g/mol. The number of hydrogen-bond acceptors (Lipinski definition) is 3. The Balaban J connectivity index is 2.69. The van der Waals surface area contributed by atoms with E-state index in [1.165, 1.54) is 6.07 Å². The lowest BCUT2D eigenvalue weighted by Crippen LogP contribution is -2.18. The summed E-state index contributed by atoms with van der Waals surface area (Å²) in [5, 5.41) is 7.77. The van der Waals surface area contributed by atoms with Crippen LogP contribution in [-0.2, 0) is 14.8 Å². The van der Waals surface area contributed by atoms with Crippen molar-refractivity contribution in [2.45, 2.75) is 4.90 Å². The van der Waals surface area contributed by atoms with Crippen LogP contribution in [0.15, 0.2) is 66.1 Å². The number of carbonyl (C=O) groups is 1. The zero-order valence-corrected chi connectivity index (χ0v) is 11.9. The maximum Gasteiger partial charge on any atom is 0.247 e. The fourth-order valence-electron chi connectivity index (χ4n) is 1.97. The van der Waals surface area contributed by atoms with Crippen molar-refractivity contribution in [2.24, 2.45) is 5.14 Å².